The Balaban J connectivity index is 1.43. The zero-order chi connectivity index (χ0) is 21.0. The summed E-state index contributed by atoms with van der Waals surface area (Å²) in [6, 6.07) is 7.32. The van der Waals surface area contributed by atoms with Crippen LogP contribution in [0, 0.1) is 12.0 Å². The number of alkyl halides is 2. The molecule has 1 atom stereocenters. The van der Waals surface area contributed by atoms with Crippen LogP contribution in [0.5, 0.6) is 0 Å². The first-order valence-corrected chi connectivity index (χ1v) is 17.4. The number of hydrogen-bond acceptors (Lipinski definition) is 2. The van der Waals surface area contributed by atoms with Crippen molar-refractivity contribution in [2.45, 2.75) is 112 Å². The van der Waals surface area contributed by atoms with Gasteiger partial charge in [-0.25, -0.2) is 0 Å². The Hall–Kier alpha value is 0.570. The third-order valence-electron chi connectivity index (χ3n) is 7.06. The molecule has 0 aliphatic heterocycles. The van der Waals surface area contributed by atoms with Gasteiger partial charge in [0.15, 0.2) is 0 Å². The van der Waals surface area contributed by atoms with Crippen LogP contribution >= 0.6 is 11.3 Å². The molecule has 1 unspecified atom stereocenters. The van der Waals surface area contributed by atoms with Crippen molar-refractivity contribution < 1.29 is 42.4 Å². The van der Waals surface area contributed by atoms with Gasteiger partial charge in [0.25, 0.3) is 0 Å². The predicted molar refractivity (Wildman–Crippen MR) is 123 cm³/mol. The molecule has 1 aromatic heterocycles. The van der Waals surface area contributed by atoms with Gasteiger partial charge in [0.1, 0.15) is 0 Å². The minimum absolute atomic E-state index is 0.0155. The molecular weight excluding hydrogens is 612 g/mol. The molecule has 0 amide bonds. The van der Waals surface area contributed by atoms with Gasteiger partial charge in [-0.1, -0.05) is 0 Å². The summed E-state index contributed by atoms with van der Waals surface area (Å²) in [5.41, 5.74) is 1.84. The first-order valence-electron chi connectivity index (χ1n) is 12.1. The van der Waals surface area contributed by atoms with Crippen LogP contribution in [0.1, 0.15) is 104 Å². The van der Waals surface area contributed by atoms with E-state index in [9.17, 15) is 0 Å². The van der Waals surface area contributed by atoms with Crippen LogP contribution in [0.2, 0.25) is 0 Å². The van der Waals surface area contributed by atoms with Crippen LogP contribution < -0.4 is 42.4 Å². The van der Waals surface area contributed by atoms with Crippen molar-refractivity contribution in [3.05, 3.63) is 24.8 Å². The molecule has 0 radical (unpaired) electrons. The van der Waals surface area contributed by atoms with Gasteiger partial charge in [0, 0.05) is 0 Å². The Bertz CT molecular complexity index is 820. The second kappa shape index (κ2) is 10.7. The molecule has 2 saturated carbocycles. The summed E-state index contributed by atoms with van der Waals surface area (Å²) in [5, 5.41) is 0. The van der Waals surface area contributed by atoms with E-state index in [1.807, 2.05) is 11.3 Å². The number of nitrogens with zero attached hydrogens (tertiary/aromatic N) is 1. The second-order valence-electron chi connectivity index (χ2n) is 10.5. The topological polar surface area (TPSA) is 12.9 Å². The molecule has 2 aromatic rings. The summed E-state index contributed by atoms with van der Waals surface area (Å²) in [5.74, 6) is 0. The number of rotatable bonds is 4. The molecular formula is C26H39I2NS-2. The molecule has 4 heteroatoms. The van der Waals surface area contributed by atoms with E-state index in [4.69, 9.17) is 4.98 Å². The molecule has 2 aliphatic rings. The van der Waals surface area contributed by atoms with Crippen molar-refractivity contribution in [3.8, 4) is 0 Å². The molecule has 0 spiro atoms. The summed E-state index contributed by atoms with van der Waals surface area (Å²) >= 11 is 2.18. The Labute approximate surface area is 209 Å². The van der Waals surface area contributed by atoms with Gasteiger partial charge < -0.3 is 0 Å². The van der Waals surface area contributed by atoms with Gasteiger partial charge in [-0.05, 0) is 0 Å². The number of benzene rings is 1. The first-order chi connectivity index (χ1) is 14.4. The Morgan fingerprint density at radius 1 is 0.867 bits per heavy atom. The summed E-state index contributed by atoms with van der Waals surface area (Å²) in [6.07, 6.45) is 18.8. The Morgan fingerprint density at radius 2 is 1.60 bits per heavy atom. The zero-order valence-corrected chi connectivity index (χ0v) is 24.2. The van der Waals surface area contributed by atoms with E-state index in [1.54, 1.807) is 3.57 Å². The van der Waals surface area contributed by atoms with Crippen molar-refractivity contribution in [2.24, 2.45) is 5.41 Å². The molecule has 4 rings (SSSR count). The quantitative estimate of drug-likeness (QED) is 0.365. The third kappa shape index (κ3) is 6.79. The minimum atomic E-state index is 0.0155. The van der Waals surface area contributed by atoms with Crippen molar-refractivity contribution >= 4 is 21.6 Å². The monoisotopic (exact) mass is 651 g/mol. The van der Waals surface area contributed by atoms with E-state index in [2.05, 4.69) is 39.0 Å². The second-order valence-corrected chi connectivity index (χ2v) is 20.1. The van der Waals surface area contributed by atoms with E-state index in [0.717, 1.165) is 3.92 Å². The fourth-order valence-electron chi connectivity index (χ4n) is 4.98. The van der Waals surface area contributed by atoms with Crippen LogP contribution in [0.25, 0.3) is 10.2 Å². The van der Waals surface area contributed by atoms with Gasteiger partial charge in [-0.15, -0.1) is 0 Å². The number of hydrogen-bond donors (Lipinski definition) is 0. The predicted octanol–water partition coefficient (Wildman–Crippen LogP) is 2.07. The van der Waals surface area contributed by atoms with Crippen LogP contribution in [0.3, 0.4) is 0 Å². The number of halogens is 2. The van der Waals surface area contributed by atoms with Gasteiger partial charge in [0.2, 0.25) is 0 Å². The first kappa shape index (κ1) is 23.7. The average molecular weight is 651 g/mol. The molecule has 2 fully saturated rings. The SMILES string of the molecule is CC1(C)CCCCC([I-]c2ccc3nc([I-]C4(C)CCCCCCC4)sc3c2)CC1. The molecule has 1 nitrogen and oxygen atoms in total. The molecule has 1 aromatic carbocycles. The van der Waals surface area contributed by atoms with Crippen molar-refractivity contribution in [2.75, 3.05) is 0 Å². The number of aromatic nitrogens is 1. The standard InChI is InChI=1S/C26H39I2NS/c1-25(2)15-10-7-11-20(14-18-25)27-21-12-13-22-23(19-21)30-24(29-22)28-26(3)16-8-5-4-6-9-17-26/h12-13,19-20H,4-11,14-18H2,1-3H3/q-2. The number of fused-ring (bicyclic) bond motifs is 1. The molecule has 0 saturated heterocycles. The molecule has 1 heterocycles. The van der Waals surface area contributed by atoms with Crippen LogP contribution in [0.4, 0.5) is 0 Å². The van der Waals surface area contributed by atoms with E-state index in [1.165, 1.54) is 96.7 Å². The average Bonchev–Trinajstić information content (AvgIpc) is 3.06. The summed E-state index contributed by atoms with van der Waals surface area (Å²) < 4.78 is 6.19. The van der Waals surface area contributed by atoms with Gasteiger partial charge in [-0.3, -0.25) is 0 Å². The van der Waals surface area contributed by atoms with E-state index < -0.39 is 0 Å². The van der Waals surface area contributed by atoms with Crippen LogP contribution in [-0.2, 0) is 0 Å². The fraction of sp³-hybridized carbons (Fsp3) is 0.731. The third-order valence-corrected chi connectivity index (χ3v) is 15.6. The molecule has 30 heavy (non-hydrogen) atoms. The summed E-state index contributed by atoms with van der Waals surface area (Å²) in [6.45, 7) is 7.54. The van der Waals surface area contributed by atoms with Gasteiger partial charge >= 0.3 is 211 Å². The van der Waals surface area contributed by atoms with E-state index in [-0.39, 0.29) is 42.4 Å². The summed E-state index contributed by atoms with van der Waals surface area (Å²) in [4.78, 5) is 5.12. The normalized spacial score (nSPS) is 25.5. The van der Waals surface area contributed by atoms with E-state index >= 15 is 0 Å². The number of thiazole rings is 1. The van der Waals surface area contributed by atoms with Gasteiger partial charge in [-0.2, -0.15) is 0 Å². The molecule has 0 bridgehead atoms. The van der Waals surface area contributed by atoms with Gasteiger partial charge in [0.05, 0.1) is 0 Å². The maximum atomic E-state index is 5.12. The van der Waals surface area contributed by atoms with Crippen molar-refractivity contribution in [1.29, 1.82) is 0 Å². The zero-order valence-electron chi connectivity index (χ0n) is 19.1. The molecule has 2 aliphatic carbocycles. The Morgan fingerprint density at radius 3 is 2.40 bits per heavy atom. The van der Waals surface area contributed by atoms with Crippen molar-refractivity contribution in [1.82, 2.24) is 4.98 Å². The molecule has 170 valence electrons. The van der Waals surface area contributed by atoms with E-state index in [0.29, 0.717) is 8.84 Å². The van der Waals surface area contributed by atoms with Crippen LogP contribution in [0.15, 0.2) is 18.2 Å². The van der Waals surface area contributed by atoms with Crippen molar-refractivity contribution in [3.63, 3.8) is 0 Å². The molecule has 0 N–H and O–H groups in total. The summed E-state index contributed by atoms with van der Waals surface area (Å²) in [7, 11) is 0. The Kier molecular flexibility index (Phi) is 8.43. The van der Waals surface area contributed by atoms with Crippen LogP contribution in [-0.4, -0.2) is 12.3 Å². The fourth-order valence-corrected chi connectivity index (χ4v) is 14.3. The maximum absolute atomic E-state index is 5.12.